The minimum Gasteiger partial charge on any atom is -0.480 e. The van der Waals surface area contributed by atoms with E-state index in [9.17, 15) is 28.3 Å². The molecule has 0 spiro atoms. The maximum atomic E-state index is 15.8. The van der Waals surface area contributed by atoms with Crippen LogP contribution in [0.15, 0.2) is 78.4 Å². The number of carbonyl (C=O) groups is 2. The van der Waals surface area contributed by atoms with Crippen LogP contribution in [0.3, 0.4) is 0 Å². The van der Waals surface area contributed by atoms with E-state index in [-0.39, 0.29) is 21.2 Å². The van der Waals surface area contributed by atoms with Crippen LogP contribution in [0.5, 0.6) is 0 Å². The second kappa shape index (κ2) is 15.5. The van der Waals surface area contributed by atoms with E-state index in [0.29, 0.717) is 6.42 Å². The summed E-state index contributed by atoms with van der Waals surface area (Å²) in [5, 5.41) is 31.5. The molecule has 0 radical (unpaired) electrons. The van der Waals surface area contributed by atoms with Crippen molar-refractivity contribution in [3.05, 3.63) is 117 Å². The third-order valence-corrected chi connectivity index (χ3v) is 9.79. The Balaban J connectivity index is 0.000000727. The van der Waals surface area contributed by atoms with Gasteiger partial charge in [-0.25, -0.2) is 13.6 Å². The van der Waals surface area contributed by atoms with E-state index in [1.165, 1.54) is 41.5 Å². The summed E-state index contributed by atoms with van der Waals surface area (Å²) in [5.41, 5.74) is 0.0221. The molecular weight excluding hydrogens is 704 g/mol. The zero-order valence-corrected chi connectivity index (χ0v) is 28.5. The Morgan fingerprint density at radius 2 is 1.70 bits per heavy atom. The summed E-state index contributed by atoms with van der Waals surface area (Å²) < 4.78 is 63.1. The Morgan fingerprint density at radius 3 is 2.24 bits per heavy atom. The van der Waals surface area contributed by atoms with E-state index < -0.39 is 58.6 Å². The van der Waals surface area contributed by atoms with Gasteiger partial charge >= 0.3 is 18.1 Å². The van der Waals surface area contributed by atoms with Crippen LogP contribution in [0.4, 0.5) is 22.0 Å². The highest BCUT2D eigenvalue weighted by atomic mass is 35.5. The molecular formula is C36H34Cl2F5N3O4. The van der Waals surface area contributed by atoms with Crippen LogP contribution in [0.1, 0.15) is 49.3 Å². The number of nitrogens with one attached hydrogen (secondary N) is 1. The standard InChI is InChI=1S/C34H33Cl2F2N3O2.C2HF3O2/c1-33(2,22-13-15-41(16-14-22)19-21-7-4-3-5-8-21)18-28-34(20-39,25-12-11-23(35)17-27(25)37)29(31(40-28)32(42)43)24-9-6-10-26(36)30(24)38;3-2(4,5)1(6)7/h3-13,17,28-29,31,40H,14-16,18-19H2,1-2H3,(H,42,43);(H,6,7)/t28-,29?,31+,34?;/m0./s1. The quantitative estimate of drug-likeness (QED) is 0.158. The third-order valence-electron chi connectivity index (χ3n) is 9.27. The molecule has 0 bridgehead atoms. The second-order valence-electron chi connectivity index (χ2n) is 12.9. The summed E-state index contributed by atoms with van der Waals surface area (Å²) >= 11 is 12.2. The smallest absolute Gasteiger partial charge is 0.480 e. The highest BCUT2D eigenvalue weighted by Gasteiger charge is 2.61. The number of benzene rings is 3. The first-order valence-electron chi connectivity index (χ1n) is 15.5. The van der Waals surface area contributed by atoms with Gasteiger partial charge in [-0.05, 0) is 47.6 Å². The fourth-order valence-corrected chi connectivity index (χ4v) is 7.22. The van der Waals surface area contributed by atoms with Crippen LogP contribution in [0.25, 0.3) is 0 Å². The SMILES string of the molecule is CC(C)(C[C@@H]1N[C@@H](C(=O)O)C(c2cccc(Cl)c2F)C1(C#N)c1ccc(Cl)cc1F)C1=CCN(Cc2ccccc2)CC1.O=C(O)C(F)(F)F. The van der Waals surface area contributed by atoms with Crippen molar-refractivity contribution in [1.29, 1.82) is 5.26 Å². The number of aliphatic carboxylic acids is 2. The minimum absolute atomic E-state index is 0.0347. The molecule has 2 heterocycles. The fourth-order valence-electron chi connectivity index (χ4n) is 6.88. The maximum Gasteiger partial charge on any atom is 0.490 e. The largest absolute Gasteiger partial charge is 0.490 e. The van der Waals surface area contributed by atoms with Gasteiger partial charge in [0, 0.05) is 42.2 Å². The van der Waals surface area contributed by atoms with Crippen LogP contribution >= 0.6 is 23.2 Å². The van der Waals surface area contributed by atoms with Gasteiger partial charge in [-0.15, -0.1) is 0 Å². The van der Waals surface area contributed by atoms with Crippen LogP contribution < -0.4 is 5.32 Å². The number of rotatable bonds is 8. The third kappa shape index (κ3) is 8.29. The van der Waals surface area contributed by atoms with Crippen molar-refractivity contribution in [3.8, 4) is 6.07 Å². The molecule has 0 aromatic heterocycles. The molecule has 14 heteroatoms. The van der Waals surface area contributed by atoms with Gasteiger partial charge in [0.25, 0.3) is 0 Å². The molecule has 0 aliphatic carbocycles. The summed E-state index contributed by atoms with van der Waals surface area (Å²) in [6, 6.07) is 18.6. The number of nitrogens with zero attached hydrogens (tertiary/aromatic N) is 2. The predicted octanol–water partition coefficient (Wildman–Crippen LogP) is 8.12. The minimum atomic E-state index is -5.08. The average Bonchev–Trinajstić information content (AvgIpc) is 3.37. The molecule has 1 fully saturated rings. The molecule has 266 valence electrons. The zero-order chi connectivity index (χ0) is 37.0. The molecule has 2 unspecified atom stereocenters. The molecule has 50 heavy (non-hydrogen) atoms. The second-order valence-corrected chi connectivity index (χ2v) is 13.7. The van der Waals surface area contributed by atoms with Crippen molar-refractivity contribution in [2.75, 3.05) is 13.1 Å². The van der Waals surface area contributed by atoms with Crippen molar-refractivity contribution in [1.82, 2.24) is 10.2 Å². The van der Waals surface area contributed by atoms with E-state index >= 15 is 8.78 Å². The molecule has 0 saturated carbocycles. The zero-order valence-electron chi connectivity index (χ0n) is 26.9. The van der Waals surface area contributed by atoms with Crippen LogP contribution in [0.2, 0.25) is 10.0 Å². The molecule has 1 saturated heterocycles. The Hall–Kier alpha value is -4.02. The first kappa shape index (κ1) is 38.8. The first-order valence-corrected chi connectivity index (χ1v) is 16.2. The molecule has 3 N–H and O–H groups in total. The summed E-state index contributed by atoms with van der Waals surface area (Å²) in [4.78, 5) is 23.9. The van der Waals surface area contributed by atoms with E-state index in [1.54, 1.807) is 0 Å². The van der Waals surface area contributed by atoms with Gasteiger partial charge in [0.15, 0.2) is 0 Å². The van der Waals surface area contributed by atoms with Crippen molar-refractivity contribution in [3.63, 3.8) is 0 Å². The lowest BCUT2D eigenvalue weighted by Crippen LogP contribution is -2.46. The van der Waals surface area contributed by atoms with Gasteiger partial charge in [-0.1, -0.05) is 97.2 Å². The summed E-state index contributed by atoms with van der Waals surface area (Å²) in [7, 11) is 0. The maximum absolute atomic E-state index is 15.8. The van der Waals surface area contributed by atoms with Gasteiger partial charge in [-0.3, -0.25) is 15.0 Å². The van der Waals surface area contributed by atoms with E-state index in [2.05, 4.69) is 48.3 Å². The number of hydrogen-bond acceptors (Lipinski definition) is 5. The molecule has 0 amide bonds. The van der Waals surface area contributed by atoms with Gasteiger partial charge in [0.1, 0.15) is 23.1 Å². The van der Waals surface area contributed by atoms with E-state index in [0.717, 1.165) is 32.1 Å². The van der Waals surface area contributed by atoms with Gasteiger partial charge < -0.3 is 10.2 Å². The Kier molecular flexibility index (Phi) is 12.0. The molecule has 2 aliphatic heterocycles. The highest BCUT2D eigenvalue weighted by molar-refractivity contribution is 6.31. The number of hydrogen-bond donors (Lipinski definition) is 3. The van der Waals surface area contributed by atoms with Crippen molar-refractivity contribution >= 4 is 35.1 Å². The fraction of sp³-hybridized carbons (Fsp3) is 0.361. The van der Waals surface area contributed by atoms with Crippen molar-refractivity contribution in [2.24, 2.45) is 5.41 Å². The lowest BCUT2D eigenvalue weighted by molar-refractivity contribution is -0.192. The Morgan fingerprint density at radius 1 is 1.04 bits per heavy atom. The monoisotopic (exact) mass is 737 g/mol. The van der Waals surface area contributed by atoms with E-state index in [4.69, 9.17) is 33.1 Å². The summed E-state index contributed by atoms with van der Waals surface area (Å²) in [6.45, 7) is 6.52. The number of carboxylic acid groups (broad SMARTS) is 2. The number of carboxylic acids is 2. The number of nitriles is 1. The molecule has 7 nitrogen and oxygen atoms in total. The van der Waals surface area contributed by atoms with Gasteiger partial charge in [-0.2, -0.15) is 18.4 Å². The van der Waals surface area contributed by atoms with Crippen molar-refractivity contribution in [2.45, 2.75) is 62.8 Å². The van der Waals surface area contributed by atoms with Crippen molar-refractivity contribution < 1.29 is 41.8 Å². The van der Waals surface area contributed by atoms with E-state index in [1.807, 2.05) is 18.2 Å². The van der Waals surface area contributed by atoms with Crippen LogP contribution in [-0.4, -0.2) is 58.4 Å². The molecule has 5 rings (SSSR count). The molecule has 3 aromatic rings. The molecule has 4 atom stereocenters. The average molecular weight is 739 g/mol. The first-order chi connectivity index (χ1) is 23.4. The normalized spacial score (nSPS) is 22.6. The topological polar surface area (TPSA) is 114 Å². The number of alkyl halides is 3. The molecule has 3 aromatic carbocycles. The van der Waals surface area contributed by atoms with Crippen LogP contribution in [-0.2, 0) is 21.5 Å². The van der Waals surface area contributed by atoms with Gasteiger partial charge in [0.05, 0.1) is 11.1 Å². The molecule has 2 aliphatic rings. The lowest BCUT2D eigenvalue weighted by atomic mass is 9.61. The van der Waals surface area contributed by atoms with Crippen LogP contribution in [0, 0.1) is 28.4 Å². The Bertz CT molecular complexity index is 1800. The highest BCUT2D eigenvalue weighted by Crippen LogP contribution is 2.53. The van der Waals surface area contributed by atoms with Gasteiger partial charge in [0.2, 0.25) is 0 Å². The number of halogens is 7. The predicted molar refractivity (Wildman–Crippen MR) is 178 cm³/mol. The Labute approximate surface area is 295 Å². The lowest BCUT2D eigenvalue weighted by Gasteiger charge is -2.40. The summed E-state index contributed by atoms with van der Waals surface area (Å²) in [5.74, 6) is -6.90. The summed E-state index contributed by atoms with van der Waals surface area (Å²) in [6.07, 6.45) is -1.80.